The quantitative estimate of drug-likeness (QED) is 0.909. The van der Waals surface area contributed by atoms with E-state index < -0.39 is 0 Å². The lowest BCUT2D eigenvalue weighted by atomic mass is 10.1. The number of carbonyl (C=O) groups excluding carboxylic acids is 1. The van der Waals surface area contributed by atoms with Crippen LogP contribution in [0.25, 0.3) is 0 Å². The summed E-state index contributed by atoms with van der Waals surface area (Å²) in [6.45, 7) is 4.21. The van der Waals surface area contributed by atoms with Gasteiger partial charge in [0.2, 0.25) is 5.89 Å². The van der Waals surface area contributed by atoms with Gasteiger partial charge in [0, 0.05) is 31.7 Å². The lowest BCUT2D eigenvalue weighted by molar-refractivity contribution is 0.0695. The molecule has 0 spiro atoms. The van der Waals surface area contributed by atoms with Crippen LogP contribution in [0.1, 0.15) is 29.7 Å². The summed E-state index contributed by atoms with van der Waals surface area (Å²) < 4.78 is 23.8. The molecule has 6 nitrogen and oxygen atoms in total. The zero-order valence-corrected chi connectivity index (χ0v) is 13.5. The summed E-state index contributed by atoms with van der Waals surface area (Å²) in [4.78, 5) is 18.4. The second kappa shape index (κ2) is 7.44. The zero-order valence-electron chi connectivity index (χ0n) is 13.5. The highest BCUT2D eigenvalue weighted by atomic mass is 19.1. The van der Waals surface area contributed by atoms with Crippen LogP contribution in [-0.2, 0) is 6.61 Å². The molecule has 0 saturated carbocycles. The maximum Gasteiger partial charge on any atom is 0.275 e. The Hall–Kier alpha value is -2.41. The molecule has 24 heavy (non-hydrogen) atoms. The molecular formula is C17H20FN3O3. The van der Waals surface area contributed by atoms with E-state index in [1.165, 1.54) is 18.4 Å². The van der Waals surface area contributed by atoms with Crippen LogP contribution in [0.3, 0.4) is 0 Å². The molecule has 1 fully saturated rings. The van der Waals surface area contributed by atoms with Crippen molar-refractivity contribution in [3.8, 4) is 5.75 Å². The van der Waals surface area contributed by atoms with Gasteiger partial charge in [-0.05, 0) is 18.6 Å². The smallest absolute Gasteiger partial charge is 0.275 e. The van der Waals surface area contributed by atoms with Gasteiger partial charge in [0.15, 0.2) is 12.3 Å². The Labute approximate surface area is 139 Å². The number of nitrogens with one attached hydrogen (secondary N) is 1. The first kappa shape index (κ1) is 16.4. The van der Waals surface area contributed by atoms with Crippen LogP contribution < -0.4 is 10.1 Å². The average Bonchev–Trinajstić information content (AvgIpc) is 3.08. The molecule has 3 rings (SSSR count). The minimum atomic E-state index is -0.375. The molecule has 0 unspecified atom stereocenters. The summed E-state index contributed by atoms with van der Waals surface area (Å²) >= 11 is 0. The van der Waals surface area contributed by atoms with Gasteiger partial charge in [-0.1, -0.05) is 13.0 Å². The number of ether oxygens (including phenoxy) is 1. The predicted octanol–water partition coefficient (Wildman–Crippen LogP) is 2.22. The Bertz CT molecular complexity index is 704. The van der Waals surface area contributed by atoms with Crippen molar-refractivity contribution in [3.63, 3.8) is 0 Å². The molecule has 1 amide bonds. The highest BCUT2D eigenvalue weighted by molar-refractivity contribution is 5.92. The zero-order chi connectivity index (χ0) is 16.9. The molecule has 1 saturated heterocycles. The number of benzene rings is 1. The van der Waals surface area contributed by atoms with Crippen molar-refractivity contribution in [1.29, 1.82) is 0 Å². The SMILES string of the molecule is CC[C@@H]1CN(C(=O)c2coc(COc3cccc(F)c3)n2)CCN1. The van der Waals surface area contributed by atoms with Gasteiger partial charge in [0.1, 0.15) is 17.8 Å². The van der Waals surface area contributed by atoms with Gasteiger partial charge >= 0.3 is 0 Å². The van der Waals surface area contributed by atoms with Gasteiger partial charge in [-0.2, -0.15) is 0 Å². The third-order valence-electron chi connectivity index (χ3n) is 3.96. The van der Waals surface area contributed by atoms with Crippen LogP contribution >= 0.6 is 0 Å². The van der Waals surface area contributed by atoms with Gasteiger partial charge in [0.05, 0.1) is 0 Å². The number of piperazine rings is 1. The summed E-state index contributed by atoms with van der Waals surface area (Å²) in [6.07, 6.45) is 2.31. The Morgan fingerprint density at radius 3 is 3.21 bits per heavy atom. The number of amides is 1. The minimum Gasteiger partial charge on any atom is -0.484 e. The van der Waals surface area contributed by atoms with E-state index in [0.29, 0.717) is 24.9 Å². The van der Waals surface area contributed by atoms with Crippen LogP contribution in [0.5, 0.6) is 5.75 Å². The Balaban J connectivity index is 1.59. The van der Waals surface area contributed by atoms with E-state index >= 15 is 0 Å². The molecule has 128 valence electrons. The average molecular weight is 333 g/mol. The second-order valence-corrected chi connectivity index (χ2v) is 5.68. The third-order valence-corrected chi connectivity index (χ3v) is 3.96. The van der Waals surface area contributed by atoms with Crippen molar-refractivity contribution in [1.82, 2.24) is 15.2 Å². The number of nitrogens with zero attached hydrogens (tertiary/aromatic N) is 2. The second-order valence-electron chi connectivity index (χ2n) is 5.68. The number of hydrogen-bond acceptors (Lipinski definition) is 5. The van der Waals surface area contributed by atoms with Crippen LogP contribution in [0.2, 0.25) is 0 Å². The topological polar surface area (TPSA) is 67.6 Å². The van der Waals surface area contributed by atoms with Crippen molar-refractivity contribution in [2.45, 2.75) is 26.0 Å². The van der Waals surface area contributed by atoms with Gasteiger partial charge in [-0.25, -0.2) is 9.37 Å². The molecule has 1 aromatic heterocycles. The summed E-state index contributed by atoms with van der Waals surface area (Å²) in [5.41, 5.74) is 0.268. The van der Waals surface area contributed by atoms with Crippen LogP contribution in [0, 0.1) is 5.82 Å². The van der Waals surface area contributed by atoms with Crippen molar-refractivity contribution in [2.75, 3.05) is 19.6 Å². The lowest BCUT2D eigenvalue weighted by Crippen LogP contribution is -2.52. The Morgan fingerprint density at radius 2 is 2.42 bits per heavy atom. The molecule has 2 heterocycles. The van der Waals surface area contributed by atoms with Gasteiger partial charge in [-0.3, -0.25) is 4.79 Å². The first-order valence-electron chi connectivity index (χ1n) is 8.01. The molecule has 1 N–H and O–H groups in total. The molecule has 1 atom stereocenters. The largest absolute Gasteiger partial charge is 0.484 e. The highest BCUT2D eigenvalue weighted by Crippen LogP contribution is 2.15. The Kier molecular flexibility index (Phi) is 5.10. The third kappa shape index (κ3) is 3.91. The normalized spacial score (nSPS) is 17.8. The molecule has 1 aliphatic rings. The van der Waals surface area contributed by atoms with E-state index in [4.69, 9.17) is 9.15 Å². The molecule has 0 aliphatic carbocycles. The molecule has 1 aromatic carbocycles. The van der Waals surface area contributed by atoms with Crippen molar-refractivity contribution in [3.05, 3.63) is 47.9 Å². The number of carbonyl (C=O) groups is 1. The van der Waals surface area contributed by atoms with E-state index in [1.54, 1.807) is 17.0 Å². The standard InChI is InChI=1S/C17H20FN3O3/c1-2-13-9-21(7-6-19-13)17(22)15-10-24-16(20-15)11-23-14-5-3-4-12(18)8-14/h3-5,8,10,13,19H,2,6-7,9,11H2,1H3/t13-/m1/s1. The van der Waals surface area contributed by atoms with Gasteiger partial charge < -0.3 is 19.4 Å². The lowest BCUT2D eigenvalue weighted by Gasteiger charge is -2.32. The molecular weight excluding hydrogens is 313 g/mol. The van der Waals surface area contributed by atoms with Crippen LogP contribution in [0.15, 0.2) is 34.9 Å². The van der Waals surface area contributed by atoms with Crippen LogP contribution in [0.4, 0.5) is 4.39 Å². The fourth-order valence-corrected chi connectivity index (χ4v) is 2.62. The maximum absolute atomic E-state index is 13.1. The molecule has 1 aliphatic heterocycles. The molecule has 2 aromatic rings. The van der Waals surface area contributed by atoms with E-state index in [1.807, 2.05) is 0 Å². The summed E-state index contributed by atoms with van der Waals surface area (Å²) in [5, 5.41) is 3.36. The van der Waals surface area contributed by atoms with E-state index in [0.717, 1.165) is 13.0 Å². The maximum atomic E-state index is 13.1. The number of halogens is 1. The molecule has 0 bridgehead atoms. The van der Waals surface area contributed by atoms with Gasteiger partial charge in [-0.15, -0.1) is 0 Å². The molecule has 0 radical (unpaired) electrons. The van der Waals surface area contributed by atoms with E-state index in [2.05, 4.69) is 17.2 Å². The summed E-state index contributed by atoms with van der Waals surface area (Å²) in [6, 6.07) is 6.13. The number of aromatic nitrogens is 1. The number of oxazole rings is 1. The number of rotatable bonds is 5. The predicted molar refractivity (Wildman–Crippen MR) is 85.2 cm³/mol. The first-order chi connectivity index (χ1) is 11.7. The van der Waals surface area contributed by atoms with Crippen molar-refractivity contribution >= 4 is 5.91 Å². The number of hydrogen-bond donors (Lipinski definition) is 1. The van der Waals surface area contributed by atoms with Gasteiger partial charge in [0.25, 0.3) is 5.91 Å². The fraction of sp³-hybridized carbons (Fsp3) is 0.412. The monoisotopic (exact) mass is 333 g/mol. The van der Waals surface area contributed by atoms with E-state index in [-0.39, 0.29) is 29.9 Å². The van der Waals surface area contributed by atoms with Crippen molar-refractivity contribution < 1.29 is 18.3 Å². The molecule has 7 heteroatoms. The highest BCUT2D eigenvalue weighted by Gasteiger charge is 2.25. The Morgan fingerprint density at radius 1 is 1.54 bits per heavy atom. The first-order valence-corrected chi connectivity index (χ1v) is 8.01. The van der Waals surface area contributed by atoms with Crippen molar-refractivity contribution in [2.24, 2.45) is 0 Å². The summed E-state index contributed by atoms with van der Waals surface area (Å²) in [7, 11) is 0. The van der Waals surface area contributed by atoms with Crippen LogP contribution in [-0.4, -0.2) is 41.5 Å². The summed E-state index contributed by atoms with van der Waals surface area (Å²) in [5.74, 6) is 0.148. The minimum absolute atomic E-state index is 0.0376. The fourth-order valence-electron chi connectivity index (χ4n) is 2.62. The van der Waals surface area contributed by atoms with E-state index in [9.17, 15) is 9.18 Å².